The molecular weight excluding hydrogens is 402 g/mol. The predicted octanol–water partition coefficient (Wildman–Crippen LogP) is 2.87. The lowest BCUT2D eigenvalue weighted by Gasteiger charge is -2.06. The number of ether oxygens (including phenoxy) is 1. The van der Waals surface area contributed by atoms with E-state index in [0.717, 1.165) is 22.1 Å². The van der Waals surface area contributed by atoms with Crippen molar-refractivity contribution in [1.82, 2.24) is 24.1 Å². The largest absolute Gasteiger partial charge is 0.457 e. The van der Waals surface area contributed by atoms with E-state index in [2.05, 4.69) is 15.2 Å². The summed E-state index contributed by atoms with van der Waals surface area (Å²) < 4.78 is 9.24. The molecular formula is C21H17N5O3S. The smallest absolute Gasteiger partial charge is 0.306 e. The second-order valence-corrected chi connectivity index (χ2v) is 7.82. The molecule has 0 saturated heterocycles. The van der Waals surface area contributed by atoms with Crippen molar-refractivity contribution in [3.8, 4) is 0 Å². The number of pyridine rings is 1. The molecule has 5 rings (SSSR count). The molecule has 0 radical (unpaired) electrons. The van der Waals surface area contributed by atoms with Crippen LogP contribution in [0.3, 0.4) is 0 Å². The summed E-state index contributed by atoms with van der Waals surface area (Å²) in [4.78, 5) is 29.2. The lowest BCUT2D eigenvalue weighted by atomic mass is 10.1. The lowest BCUT2D eigenvalue weighted by molar-refractivity contribution is -0.145. The molecule has 30 heavy (non-hydrogen) atoms. The number of benzene rings is 1. The van der Waals surface area contributed by atoms with Crippen LogP contribution in [0.15, 0.2) is 52.6 Å². The molecule has 5 aromatic rings. The summed E-state index contributed by atoms with van der Waals surface area (Å²) in [6, 6.07) is 13.6. The number of carbonyl (C=O) groups excluding carboxylic acids is 1. The number of rotatable bonds is 5. The summed E-state index contributed by atoms with van der Waals surface area (Å²) in [7, 11) is 1.65. The van der Waals surface area contributed by atoms with Gasteiger partial charge in [0.1, 0.15) is 4.70 Å². The van der Waals surface area contributed by atoms with Gasteiger partial charge < -0.3 is 4.74 Å². The van der Waals surface area contributed by atoms with Gasteiger partial charge in [-0.15, -0.1) is 21.5 Å². The van der Waals surface area contributed by atoms with Crippen molar-refractivity contribution in [2.24, 2.45) is 7.05 Å². The number of carbonyl (C=O) groups is 1. The molecule has 4 heterocycles. The summed E-state index contributed by atoms with van der Waals surface area (Å²) in [5.74, 6) is 0.548. The predicted molar refractivity (Wildman–Crippen MR) is 113 cm³/mol. The summed E-state index contributed by atoms with van der Waals surface area (Å²) in [5, 5.41) is 11.1. The van der Waals surface area contributed by atoms with Crippen LogP contribution in [0.4, 0.5) is 0 Å². The second-order valence-electron chi connectivity index (χ2n) is 6.91. The third-order valence-electron chi connectivity index (χ3n) is 5.00. The van der Waals surface area contributed by atoms with Crippen molar-refractivity contribution < 1.29 is 9.53 Å². The first-order valence-corrected chi connectivity index (χ1v) is 10.3. The average molecular weight is 419 g/mol. The van der Waals surface area contributed by atoms with Crippen molar-refractivity contribution in [2.45, 2.75) is 19.4 Å². The van der Waals surface area contributed by atoms with Crippen LogP contribution in [-0.2, 0) is 29.6 Å². The normalized spacial score (nSPS) is 11.5. The first-order valence-electron chi connectivity index (χ1n) is 9.42. The van der Waals surface area contributed by atoms with Crippen LogP contribution in [-0.4, -0.2) is 30.1 Å². The van der Waals surface area contributed by atoms with Crippen LogP contribution in [0.2, 0.25) is 0 Å². The molecule has 0 aliphatic rings. The molecule has 0 aliphatic heterocycles. The molecule has 0 aliphatic carbocycles. The van der Waals surface area contributed by atoms with Crippen molar-refractivity contribution in [1.29, 1.82) is 0 Å². The average Bonchev–Trinajstić information content (AvgIpc) is 3.41. The van der Waals surface area contributed by atoms with Gasteiger partial charge in [-0.3, -0.25) is 23.5 Å². The third kappa shape index (κ3) is 3.13. The highest BCUT2D eigenvalue weighted by atomic mass is 32.1. The van der Waals surface area contributed by atoms with E-state index in [1.807, 2.05) is 47.8 Å². The Kier molecular flexibility index (Phi) is 4.51. The van der Waals surface area contributed by atoms with E-state index in [0.29, 0.717) is 22.7 Å². The number of aromatic nitrogens is 5. The zero-order chi connectivity index (χ0) is 20.7. The standard InChI is InChI=1S/C21H17N5O3S/c1-25-20(28)19-16(10-11-30-19)26-17(23-24-21(25)26)12-29-18(27)9-8-14-7-6-13-4-2-3-5-15(13)22-14/h2-7,10-11H,8-9,12H2,1H3. The zero-order valence-electron chi connectivity index (χ0n) is 16.1. The number of hydrogen-bond donors (Lipinski definition) is 0. The molecule has 1 aromatic carbocycles. The Balaban J connectivity index is 1.30. The number of thiophene rings is 1. The Hall–Kier alpha value is -3.59. The number of fused-ring (bicyclic) bond motifs is 4. The summed E-state index contributed by atoms with van der Waals surface area (Å²) in [6.45, 7) is -0.0195. The maximum atomic E-state index is 12.4. The van der Waals surface area contributed by atoms with Gasteiger partial charge in [0.25, 0.3) is 5.56 Å². The Labute approximate surface area is 174 Å². The highest BCUT2D eigenvalue weighted by Gasteiger charge is 2.16. The number of para-hydroxylation sites is 1. The van der Waals surface area contributed by atoms with Crippen molar-refractivity contribution in [2.75, 3.05) is 0 Å². The maximum Gasteiger partial charge on any atom is 0.306 e. The SMILES string of the molecule is Cn1c(=O)c2sccc2n2c(COC(=O)CCc3ccc4ccccc4n3)nnc12. The molecule has 9 heteroatoms. The van der Waals surface area contributed by atoms with Gasteiger partial charge >= 0.3 is 5.97 Å². The van der Waals surface area contributed by atoms with E-state index < -0.39 is 0 Å². The number of esters is 1. The van der Waals surface area contributed by atoms with Gasteiger partial charge in [0.15, 0.2) is 12.4 Å². The first-order chi connectivity index (χ1) is 14.6. The quantitative estimate of drug-likeness (QED) is 0.407. The minimum absolute atomic E-state index is 0.0195. The molecule has 8 nitrogen and oxygen atoms in total. The fourth-order valence-corrected chi connectivity index (χ4v) is 4.29. The van der Waals surface area contributed by atoms with Crippen molar-refractivity contribution in [3.05, 3.63) is 69.7 Å². The third-order valence-corrected chi connectivity index (χ3v) is 5.89. The monoisotopic (exact) mass is 419 g/mol. The van der Waals surface area contributed by atoms with Crippen LogP contribution in [0.5, 0.6) is 0 Å². The van der Waals surface area contributed by atoms with E-state index in [9.17, 15) is 9.59 Å². The molecule has 150 valence electrons. The molecule has 0 saturated carbocycles. The van der Waals surface area contributed by atoms with Gasteiger partial charge in [-0.1, -0.05) is 24.3 Å². The Bertz CT molecular complexity index is 1470. The van der Waals surface area contributed by atoms with Crippen LogP contribution in [0.25, 0.3) is 26.9 Å². The van der Waals surface area contributed by atoms with E-state index in [1.54, 1.807) is 11.4 Å². The molecule has 4 aromatic heterocycles. The second kappa shape index (κ2) is 7.34. The first kappa shape index (κ1) is 18.4. The number of hydrogen-bond acceptors (Lipinski definition) is 7. The topological polar surface area (TPSA) is 91.4 Å². The molecule has 0 amide bonds. The van der Waals surface area contributed by atoms with Gasteiger partial charge in [-0.25, -0.2) is 0 Å². The summed E-state index contributed by atoms with van der Waals surface area (Å²) in [5.41, 5.74) is 2.35. The van der Waals surface area contributed by atoms with Gasteiger partial charge in [0, 0.05) is 24.5 Å². The highest BCUT2D eigenvalue weighted by Crippen LogP contribution is 2.19. The summed E-state index contributed by atoms with van der Waals surface area (Å²) >= 11 is 1.36. The molecule has 0 N–H and O–H groups in total. The molecule has 0 atom stereocenters. The Morgan fingerprint density at radius 3 is 2.90 bits per heavy atom. The summed E-state index contributed by atoms with van der Waals surface area (Å²) in [6.07, 6.45) is 0.710. The Morgan fingerprint density at radius 2 is 2.00 bits per heavy atom. The molecule has 0 unspecified atom stereocenters. The van der Waals surface area contributed by atoms with Crippen molar-refractivity contribution >= 4 is 44.2 Å². The fourth-order valence-electron chi connectivity index (χ4n) is 3.44. The minimum atomic E-state index is -0.340. The van der Waals surface area contributed by atoms with Crippen LogP contribution >= 0.6 is 11.3 Å². The number of nitrogens with zero attached hydrogens (tertiary/aromatic N) is 5. The van der Waals surface area contributed by atoms with E-state index in [4.69, 9.17) is 4.74 Å². The minimum Gasteiger partial charge on any atom is -0.457 e. The maximum absolute atomic E-state index is 12.4. The van der Waals surface area contributed by atoms with Crippen LogP contribution in [0.1, 0.15) is 17.9 Å². The molecule has 0 bridgehead atoms. The van der Waals surface area contributed by atoms with E-state index in [1.165, 1.54) is 15.9 Å². The Morgan fingerprint density at radius 1 is 1.13 bits per heavy atom. The molecule has 0 spiro atoms. The van der Waals surface area contributed by atoms with Crippen LogP contribution in [0, 0.1) is 0 Å². The van der Waals surface area contributed by atoms with Crippen molar-refractivity contribution in [3.63, 3.8) is 0 Å². The van der Waals surface area contributed by atoms with Gasteiger partial charge in [0.2, 0.25) is 5.78 Å². The van der Waals surface area contributed by atoms with Gasteiger partial charge in [-0.05, 0) is 23.6 Å². The lowest BCUT2D eigenvalue weighted by Crippen LogP contribution is -2.19. The highest BCUT2D eigenvalue weighted by molar-refractivity contribution is 7.17. The fraction of sp³-hybridized carbons (Fsp3) is 0.190. The van der Waals surface area contributed by atoms with Crippen LogP contribution < -0.4 is 5.56 Å². The van der Waals surface area contributed by atoms with Gasteiger partial charge in [0.05, 0.1) is 17.5 Å². The van der Waals surface area contributed by atoms with Gasteiger partial charge in [-0.2, -0.15) is 0 Å². The van der Waals surface area contributed by atoms with E-state index >= 15 is 0 Å². The number of aryl methyl sites for hydroxylation is 2. The van der Waals surface area contributed by atoms with E-state index in [-0.39, 0.29) is 24.6 Å². The zero-order valence-corrected chi connectivity index (χ0v) is 16.9. The molecule has 0 fully saturated rings.